The summed E-state index contributed by atoms with van der Waals surface area (Å²) in [5.41, 5.74) is 5.28. The SMILES string of the molecule is N=C(N)c1c(F)cccc1OCc1ccco1. The third-order valence-corrected chi connectivity index (χ3v) is 2.19. The molecule has 2 rings (SSSR count). The minimum absolute atomic E-state index is 0.0287. The molecule has 0 unspecified atom stereocenters. The van der Waals surface area contributed by atoms with Crippen molar-refractivity contribution < 1.29 is 13.5 Å². The van der Waals surface area contributed by atoms with E-state index in [0.717, 1.165) is 0 Å². The maximum absolute atomic E-state index is 13.4. The molecule has 1 aromatic heterocycles. The third kappa shape index (κ3) is 2.44. The molecule has 0 saturated heterocycles. The standard InChI is InChI=1S/C12H11FN2O2/c13-9-4-1-5-10(11(9)12(14)15)17-7-8-3-2-6-16-8/h1-6H,7H2,(H3,14,15). The minimum Gasteiger partial charge on any atom is -0.485 e. The average molecular weight is 234 g/mol. The van der Waals surface area contributed by atoms with Crippen LogP contribution in [0.1, 0.15) is 11.3 Å². The highest BCUT2D eigenvalue weighted by Crippen LogP contribution is 2.22. The van der Waals surface area contributed by atoms with Crippen molar-refractivity contribution in [2.24, 2.45) is 5.73 Å². The Hall–Kier alpha value is -2.30. The number of furan rings is 1. The molecule has 0 saturated carbocycles. The topological polar surface area (TPSA) is 72.2 Å². The van der Waals surface area contributed by atoms with Crippen LogP contribution >= 0.6 is 0 Å². The van der Waals surface area contributed by atoms with Crippen molar-refractivity contribution in [3.63, 3.8) is 0 Å². The number of nitrogen functional groups attached to an aromatic ring is 1. The molecule has 17 heavy (non-hydrogen) atoms. The van der Waals surface area contributed by atoms with Gasteiger partial charge in [-0.3, -0.25) is 5.41 Å². The predicted octanol–water partition coefficient (Wildman–Crippen LogP) is 2.28. The van der Waals surface area contributed by atoms with Gasteiger partial charge in [0.15, 0.2) is 0 Å². The van der Waals surface area contributed by atoms with Gasteiger partial charge < -0.3 is 14.9 Å². The Kier molecular flexibility index (Phi) is 3.09. The molecular weight excluding hydrogens is 223 g/mol. The van der Waals surface area contributed by atoms with E-state index < -0.39 is 5.82 Å². The van der Waals surface area contributed by atoms with E-state index in [-0.39, 0.29) is 23.8 Å². The number of ether oxygens (including phenoxy) is 1. The summed E-state index contributed by atoms with van der Waals surface area (Å²) in [5, 5.41) is 7.30. The largest absolute Gasteiger partial charge is 0.485 e. The summed E-state index contributed by atoms with van der Waals surface area (Å²) in [6.07, 6.45) is 1.52. The summed E-state index contributed by atoms with van der Waals surface area (Å²) >= 11 is 0. The van der Waals surface area contributed by atoms with Crippen LogP contribution in [0, 0.1) is 11.2 Å². The molecule has 0 aliphatic rings. The Bertz CT molecular complexity index is 523. The molecule has 0 spiro atoms. The zero-order valence-corrected chi connectivity index (χ0v) is 8.94. The zero-order chi connectivity index (χ0) is 12.3. The lowest BCUT2D eigenvalue weighted by molar-refractivity contribution is 0.268. The van der Waals surface area contributed by atoms with E-state index in [0.29, 0.717) is 5.76 Å². The molecule has 1 heterocycles. The maximum atomic E-state index is 13.4. The molecule has 88 valence electrons. The van der Waals surface area contributed by atoms with Crippen LogP contribution < -0.4 is 10.5 Å². The van der Waals surface area contributed by atoms with Gasteiger partial charge in [-0.15, -0.1) is 0 Å². The molecule has 0 bridgehead atoms. The highest BCUT2D eigenvalue weighted by atomic mass is 19.1. The van der Waals surface area contributed by atoms with Crippen LogP contribution in [0.25, 0.3) is 0 Å². The van der Waals surface area contributed by atoms with Crippen molar-refractivity contribution >= 4 is 5.84 Å². The lowest BCUT2D eigenvalue weighted by atomic mass is 10.1. The number of amidine groups is 1. The molecule has 2 aromatic rings. The Morgan fingerprint density at radius 3 is 2.82 bits per heavy atom. The Morgan fingerprint density at radius 1 is 1.35 bits per heavy atom. The number of halogens is 1. The second-order valence-corrected chi connectivity index (χ2v) is 3.39. The van der Waals surface area contributed by atoms with E-state index in [2.05, 4.69) is 0 Å². The molecule has 1 aromatic carbocycles. The highest BCUT2D eigenvalue weighted by molar-refractivity contribution is 5.97. The van der Waals surface area contributed by atoms with Gasteiger partial charge in [0.05, 0.1) is 11.8 Å². The summed E-state index contributed by atoms with van der Waals surface area (Å²) < 4.78 is 23.9. The average Bonchev–Trinajstić information content (AvgIpc) is 2.78. The molecule has 5 heteroatoms. The fourth-order valence-electron chi connectivity index (χ4n) is 1.43. The van der Waals surface area contributed by atoms with E-state index in [4.69, 9.17) is 20.3 Å². The lowest BCUT2D eigenvalue weighted by Gasteiger charge is -2.09. The monoisotopic (exact) mass is 234 g/mol. The van der Waals surface area contributed by atoms with Crippen LogP contribution in [-0.2, 0) is 6.61 Å². The van der Waals surface area contributed by atoms with Gasteiger partial charge in [-0.25, -0.2) is 4.39 Å². The summed E-state index contributed by atoms with van der Waals surface area (Å²) in [6.45, 7) is 0.163. The Morgan fingerprint density at radius 2 is 2.18 bits per heavy atom. The van der Waals surface area contributed by atoms with Crippen LogP contribution in [0.15, 0.2) is 41.0 Å². The van der Waals surface area contributed by atoms with E-state index in [9.17, 15) is 4.39 Å². The second-order valence-electron chi connectivity index (χ2n) is 3.39. The Balaban J connectivity index is 2.21. The smallest absolute Gasteiger partial charge is 0.146 e. The number of rotatable bonds is 4. The molecule has 0 radical (unpaired) electrons. The van der Waals surface area contributed by atoms with Gasteiger partial charge in [0.25, 0.3) is 0 Å². The molecule has 0 atom stereocenters. The fraction of sp³-hybridized carbons (Fsp3) is 0.0833. The third-order valence-electron chi connectivity index (χ3n) is 2.19. The van der Waals surface area contributed by atoms with Crippen molar-refractivity contribution in [2.75, 3.05) is 0 Å². The molecule has 0 aliphatic carbocycles. The van der Waals surface area contributed by atoms with Gasteiger partial charge in [-0.2, -0.15) is 0 Å². The number of benzene rings is 1. The summed E-state index contributed by atoms with van der Waals surface area (Å²) in [5.74, 6) is -0.0929. The first-order valence-corrected chi connectivity index (χ1v) is 4.96. The normalized spacial score (nSPS) is 10.2. The number of nitrogens with one attached hydrogen (secondary N) is 1. The fourth-order valence-corrected chi connectivity index (χ4v) is 1.43. The van der Waals surface area contributed by atoms with E-state index >= 15 is 0 Å². The van der Waals surface area contributed by atoms with Gasteiger partial charge in [0.2, 0.25) is 0 Å². The lowest BCUT2D eigenvalue weighted by Crippen LogP contribution is -2.15. The van der Waals surface area contributed by atoms with Gasteiger partial charge in [0, 0.05) is 0 Å². The molecule has 0 fully saturated rings. The van der Waals surface area contributed by atoms with Gasteiger partial charge in [0.1, 0.15) is 29.8 Å². The van der Waals surface area contributed by atoms with Gasteiger partial charge in [-0.05, 0) is 24.3 Å². The van der Waals surface area contributed by atoms with Crippen LogP contribution in [-0.4, -0.2) is 5.84 Å². The van der Waals surface area contributed by atoms with Crippen molar-refractivity contribution in [1.82, 2.24) is 0 Å². The van der Waals surface area contributed by atoms with Crippen LogP contribution in [0.3, 0.4) is 0 Å². The quantitative estimate of drug-likeness (QED) is 0.629. The zero-order valence-electron chi connectivity index (χ0n) is 8.94. The number of hydrogen-bond donors (Lipinski definition) is 2. The van der Waals surface area contributed by atoms with Crippen molar-refractivity contribution in [3.05, 3.63) is 53.7 Å². The maximum Gasteiger partial charge on any atom is 0.146 e. The van der Waals surface area contributed by atoms with Crippen molar-refractivity contribution in [2.45, 2.75) is 6.61 Å². The predicted molar refractivity (Wildman–Crippen MR) is 60.5 cm³/mol. The van der Waals surface area contributed by atoms with E-state index in [1.54, 1.807) is 18.2 Å². The first kappa shape index (κ1) is 11.2. The van der Waals surface area contributed by atoms with Crippen molar-refractivity contribution in [1.29, 1.82) is 5.41 Å². The van der Waals surface area contributed by atoms with E-state index in [1.165, 1.54) is 18.4 Å². The molecular formula is C12H11FN2O2. The first-order chi connectivity index (χ1) is 8.18. The Labute approximate surface area is 97.3 Å². The molecule has 0 aliphatic heterocycles. The molecule has 0 amide bonds. The first-order valence-electron chi connectivity index (χ1n) is 4.96. The van der Waals surface area contributed by atoms with Gasteiger partial charge in [-0.1, -0.05) is 6.07 Å². The van der Waals surface area contributed by atoms with Gasteiger partial charge >= 0.3 is 0 Å². The number of nitrogens with two attached hydrogens (primary N) is 1. The van der Waals surface area contributed by atoms with Crippen molar-refractivity contribution in [3.8, 4) is 5.75 Å². The summed E-state index contributed by atoms with van der Waals surface area (Å²) in [4.78, 5) is 0. The summed E-state index contributed by atoms with van der Waals surface area (Å²) in [6, 6.07) is 7.77. The second kappa shape index (κ2) is 4.69. The van der Waals surface area contributed by atoms with Crippen LogP contribution in [0.2, 0.25) is 0 Å². The van der Waals surface area contributed by atoms with Crippen LogP contribution in [0.5, 0.6) is 5.75 Å². The number of hydrogen-bond acceptors (Lipinski definition) is 3. The minimum atomic E-state index is -0.575. The van der Waals surface area contributed by atoms with E-state index in [1.807, 2.05) is 0 Å². The summed E-state index contributed by atoms with van der Waals surface area (Å²) in [7, 11) is 0. The molecule has 4 nitrogen and oxygen atoms in total. The highest BCUT2D eigenvalue weighted by Gasteiger charge is 2.12. The van der Waals surface area contributed by atoms with Crippen LogP contribution in [0.4, 0.5) is 4.39 Å². The molecule has 3 N–H and O–H groups in total.